The second kappa shape index (κ2) is 3.02. The van der Waals surface area contributed by atoms with E-state index in [1.807, 2.05) is 0 Å². The summed E-state index contributed by atoms with van der Waals surface area (Å²) in [5.74, 6) is 0. The van der Waals surface area contributed by atoms with Crippen LogP contribution in [0.1, 0.15) is 27.2 Å². The molecule has 0 heterocycles. The molecule has 0 aromatic rings. The maximum absolute atomic E-state index is 5.43. The lowest BCUT2D eigenvalue weighted by Crippen LogP contribution is -2.19. The van der Waals surface area contributed by atoms with Crippen molar-refractivity contribution >= 4 is 0 Å². The standard InChI is InChI=1S/C8H17N/c1-5-8(3,4)7(2)6-9/h2,5-6,9H2,1,3-4H3. The van der Waals surface area contributed by atoms with Gasteiger partial charge in [0.05, 0.1) is 0 Å². The lowest BCUT2D eigenvalue weighted by atomic mass is 9.83. The van der Waals surface area contributed by atoms with Crippen LogP contribution in [-0.2, 0) is 0 Å². The minimum Gasteiger partial charge on any atom is -0.327 e. The van der Waals surface area contributed by atoms with Gasteiger partial charge in [0.15, 0.2) is 0 Å². The monoisotopic (exact) mass is 127 g/mol. The van der Waals surface area contributed by atoms with Gasteiger partial charge in [-0.3, -0.25) is 0 Å². The first kappa shape index (κ1) is 8.70. The average molecular weight is 127 g/mol. The van der Waals surface area contributed by atoms with Crippen LogP contribution in [0.25, 0.3) is 0 Å². The smallest absolute Gasteiger partial charge is 0.0139 e. The fourth-order valence-electron chi connectivity index (χ4n) is 0.526. The predicted octanol–water partition coefficient (Wildman–Crippen LogP) is 1.94. The van der Waals surface area contributed by atoms with Gasteiger partial charge in [0.25, 0.3) is 0 Å². The van der Waals surface area contributed by atoms with Gasteiger partial charge < -0.3 is 5.73 Å². The Morgan fingerprint density at radius 2 is 2.00 bits per heavy atom. The molecule has 0 bridgehead atoms. The van der Waals surface area contributed by atoms with E-state index in [-0.39, 0.29) is 5.41 Å². The van der Waals surface area contributed by atoms with Crippen molar-refractivity contribution in [3.63, 3.8) is 0 Å². The largest absolute Gasteiger partial charge is 0.327 e. The normalized spacial score (nSPS) is 11.6. The Balaban J connectivity index is 3.97. The van der Waals surface area contributed by atoms with Crippen LogP contribution in [0, 0.1) is 5.41 Å². The van der Waals surface area contributed by atoms with Gasteiger partial charge in [0, 0.05) is 6.54 Å². The fourth-order valence-corrected chi connectivity index (χ4v) is 0.526. The second-order valence-corrected chi connectivity index (χ2v) is 3.05. The molecule has 0 fully saturated rings. The van der Waals surface area contributed by atoms with Crippen molar-refractivity contribution in [3.8, 4) is 0 Å². The topological polar surface area (TPSA) is 26.0 Å². The Hall–Kier alpha value is -0.300. The van der Waals surface area contributed by atoms with E-state index in [2.05, 4.69) is 27.4 Å². The van der Waals surface area contributed by atoms with Crippen LogP contribution in [0.3, 0.4) is 0 Å². The summed E-state index contributed by atoms with van der Waals surface area (Å²) >= 11 is 0. The molecular weight excluding hydrogens is 110 g/mol. The van der Waals surface area contributed by atoms with Crippen LogP contribution in [0.2, 0.25) is 0 Å². The summed E-state index contributed by atoms with van der Waals surface area (Å²) in [4.78, 5) is 0. The van der Waals surface area contributed by atoms with E-state index in [1.54, 1.807) is 0 Å². The highest BCUT2D eigenvalue weighted by Gasteiger charge is 2.16. The highest BCUT2D eigenvalue weighted by molar-refractivity contribution is 5.07. The van der Waals surface area contributed by atoms with Crippen molar-refractivity contribution in [2.24, 2.45) is 11.1 Å². The minimum absolute atomic E-state index is 0.231. The lowest BCUT2D eigenvalue weighted by Gasteiger charge is -2.24. The third kappa shape index (κ3) is 2.19. The van der Waals surface area contributed by atoms with E-state index in [4.69, 9.17) is 5.73 Å². The van der Waals surface area contributed by atoms with Crippen LogP contribution < -0.4 is 5.73 Å². The minimum atomic E-state index is 0.231. The molecule has 0 aromatic carbocycles. The van der Waals surface area contributed by atoms with E-state index >= 15 is 0 Å². The molecule has 0 aromatic heterocycles. The quantitative estimate of drug-likeness (QED) is 0.576. The molecule has 0 aliphatic rings. The van der Waals surface area contributed by atoms with Gasteiger partial charge in [-0.1, -0.05) is 32.9 Å². The molecular formula is C8H17N. The molecule has 0 atom stereocenters. The molecule has 0 aliphatic heterocycles. The molecule has 0 unspecified atom stereocenters. The molecule has 0 amide bonds. The summed E-state index contributed by atoms with van der Waals surface area (Å²) in [6, 6.07) is 0. The van der Waals surface area contributed by atoms with Crippen LogP contribution in [0.5, 0.6) is 0 Å². The summed E-state index contributed by atoms with van der Waals surface area (Å²) in [6.45, 7) is 11.0. The molecule has 9 heavy (non-hydrogen) atoms. The third-order valence-corrected chi connectivity index (χ3v) is 2.09. The summed E-state index contributed by atoms with van der Waals surface area (Å²) in [5.41, 5.74) is 6.81. The van der Waals surface area contributed by atoms with Crippen molar-refractivity contribution in [1.29, 1.82) is 0 Å². The van der Waals surface area contributed by atoms with Gasteiger partial charge in [0.2, 0.25) is 0 Å². The maximum atomic E-state index is 5.43. The molecule has 0 radical (unpaired) electrons. The molecule has 1 heteroatoms. The molecule has 54 valence electrons. The number of nitrogens with two attached hydrogens (primary N) is 1. The predicted molar refractivity (Wildman–Crippen MR) is 42.3 cm³/mol. The van der Waals surface area contributed by atoms with Gasteiger partial charge in [-0.25, -0.2) is 0 Å². The van der Waals surface area contributed by atoms with Crippen molar-refractivity contribution in [2.75, 3.05) is 6.54 Å². The third-order valence-electron chi connectivity index (χ3n) is 2.09. The van der Waals surface area contributed by atoms with Crippen LogP contribution in [-0.4, -0.2) is 6.54 Å². The SMILES string of the molecule is C=C(CN)C(C)(C)CC. The zero-order valence-corrected chi connectivity index (χ0v) is 6.70. The fraction of sp³-hybridized carbons (Fsp3) is 0.750. The summed E-state index contributed by atoms with van der Waals surface area (Å²) in [6.07, 6.45) is 1.11. The van der Waals surface area contributed by atoms with Gasteiger partial charge in [-0.15, -0.1) is 0 Å². The Morgan fingerprint density at radius 1 is 1.56 bits per heavy atom. The summed E-state index contributed by atoms with van der Waals surface area (Å²) in [7, 11) is 0. The first-order valence-corrected chi connectivity index (χ1v) is 3.43. The summed E-state index contributed by atoms with van der Waals surface area (Å²) < 4.78 is 0. The highest BCUT2D eigenvalue weighted by Crippen LogP contribution is 2.27. The van der Waals surface area contributed by atoms with Crippen molar-refractivity contribution in [1.82, 2.24) is 0 Å². The van der Waals surface area contributed by atoms with Crippen LogP contribution >= 0.6 is 0 Å². The Bertz CT molecular complexity index is 103. The second-order valence-electron chi connectivity index (χ2n) is 3.05. The molecule has 0 aliphatic carbocycles. The number of hydrogen-bond donors (Lipinski definition) is 1. The van der Waals surface area contributed by atoms with Gasteiger partial charge in [-0.2, -0.15) is 0 Å². The van der Waals surface area contributed by atoms with E-state index in [1.165, 1.54) is 0 Å². The molecule has 2 N–H and O–H groups in total. The van der Waals surface area contributed by atoms with Crippen molar-refractivity contribution < 1.29 is 0 Å². The molecule has 0 rings (SSSR count). The van der Waals surface area contributed by atoms with E-state index in [9.17, 15) is 0 Å². The van der Waals surface area contributed by atoms with Gasteiger partial charge in [-0.05, 0) is 11.8 Å². The first-order chi connectivity index (χ1) is 4.04. The summed E-state index contributed by atoms with van der Waals surface area (Å²) in [5, 5.41) is 0. The number of hydrogen-bond acceptors (Lipinski definition) is 1. The Morgan fingerprint density at radius 3 is 2.11 bits per heavy atom. The van der Waals surface area contributed by atoms with Gasteiger partial charge >= 0.3 is 0 Å². The van der Waals surface area contributed by atoms with Crippen LogP contribution in [0.4, 0.5) is 0 Å². The molecule has 0 saturated heterocycles. The van der Waals surface area contributed by atoms with E-state index in [0.29, 0.717) is 6.54 Å². The molecule has 0 spiro atoms. The zero-order chi connectivity index (χ0) is 7.49. The average Bonchev–Trinajstić information content (AvgIpc) is 1.86. The van der Waals surface area contributed by atoms with E-state index < -0.39 is 0 Å². The van der Waals surface area contributed by atoms with Gasteiger partial charge in [0.1, 0.15) is 0 Å². The molecule has 0 saturated carbocycles. The van der Waals surface area contributed by atoms with Crippen LogP contribution in [0.15, 0.2) is 12.2 Å². The van der Waals surface area contributed by atoms with Crippen molar-refractivity contribution in [2.45, 2.75) is 27.2 Å². The zero-order valence-electron chi connectivity index (χ0n) is 6.70. The molecule has 1 nitrogen and oxygen atoms in total. The Labute approximate surface area is 57.9 Å². The lowest BCUT2D eigenvalue weighted by molar-refractivity contribution is 0.425. The van der Waals surface area contributed by atoms with E-state index in [0.717, 1.165) is 12.0 Å². The highest BCUT2D eigenvalue weighted by atomic mass is 14.5. The first-order valence-electron chi connectivity index (χ1n) is 3.43. The number of rotatable bonds is 3. The maximum Gasteiger partial charge on any atom is 0.0139 e. The Kier molecular flexibility index (Phi) is 2.92. The van der Waals surface area contributed by atoms with Crippen molar-refractivity contribution in [3.05, 3.63) is 12.2 Å².